The van der Waals surface area contributed by atoms with Crippen LogP contribution in [0.2, 0.25) is 0 Å². The SMILES string of the molecule is CC[C@@H](c1cccc(C#N)c1)n1c(COC(C)C)nc(N)c(S(=O)(=O)c2ccc(-c3ccnc(F)c3C)cc2)c1=O. The fourth-order valence-corrected chi connectivity index (χ4v) is 6.01. The Morgan fingerprint density at radius 1 is 1.15 bits per heavy atom. The van der Waals surface area contributed by atoms with E-state index < -0.39 is 38.1 Å². The molecule has 0 saturated carbocycles. The highest BCUT2D eigenvalue weighted by atomic mass is 32.2. The highest BCUT2D eigenvalue weighted by Gasteiger charge is 2.31. The van der Waals surface area contributed by atoms with E-state index in [0.29, 0.717) is 34.2 Å². The number of anilines is 1. The summed E-state index contributed by atoms with van der Waals surface area (Å²) in [4.78, 5) is 21.2. The third-order valence-electron chi connectivity index (χ3n) is 6.70. The molecule has 0 bridgehead atoms. The fraction of sp³-hybridized carbons (Fsp3) is 0.267. The van der Waals surface area contributed by atoms with Crippen LogP contribution in [-0.2, 0) is 21.2 Å². The van der Waals surface area contributed by atoms with Crippen LogP contribution in [0, 0.1) is 24.2 Å². The maximum absolute atomic E-state index is 14.1. The van der Waals surface area contributed by atoms with Crippen LogP contribution >= 0.6 is 0 Å². The molecule has 2 aromatic heterocycles. The number of benzene rings is 2. The van der Waals surface area contributed by atoms with Crippen molar-refractivity contribution in [1.82, 2.24) is 14.5 Å². The van der Waals surface area contributed by atoms with E-state index in [-0.39, 0.29) is 23.4 Å². The van der Waals surface area contributed by atoms with Crippen molar-refractivity contribution in [3.63, 3.8) is 0 Å². The number of nitriles is 1. The molecule has 11 heteroatoms. The number of ether oxygens (including phenoxy) is 1. The van der Waals surface area contributed by atoms with Crippen LogP contribution < -0.4 is 11.3 Å². The molecule has 0 unspecified atom stereocenters. The minimum atomic E-state index is -4.43. The molecular formula is C30H30FN5O4S. The van der Waals surface area contributed by atoms with Crippen LogP contribution in [-0.4, -0.2) is 29.1 Å². The van der Waals surface area contributed by atoms with Crippen LogP contribution in [0.3, 0.4) is 0 Å². The van der Waals surface area contributed by atoms with Crippen molar-refractivity contribution >= 4 is 15.7 Å². The number of nitrogens with zero attached hydrogens (tertiary/aromatic N) is 4. The maximum atomic E-state index is 14.1. The van der Waals surface area contributed by atoms with E-state index in [1.54, 1.807) is 37.3 Å². The lowest BCUT2D eigenvalue weighted by atomic mass is 10.0. The summed E-state index contributed by atoms with van der Waals surface area (Å²) in [5.41, 5.74) is 7.81. The smallest absolute Gasteiger partial charge is 0.275 e. The highest BCUT2D eigenvalue weighted by Crippen LogP contribution is 2.30. The van der Waals surface area contributed by atoms with E-state index >= 15 is 0 Å². The van der Waals surface area contributed by atoms with Gasteiger partial charge in [-0.25, -0.2) is 18.4 Å². The average Bonchev–Trinajstić information content (AvgIpc) is 2.95. The van der Waals surface area contributed by atoms with E-state index in [0.717, 1.165) is 0 Å². The first kappa shape index (κ1) is 29.6. The number of aromatic nitrogens is 3. The summed E-state index contributed by atoms with van der Waals surface area (Å²) >= 11 is 0. The predicted octanol–water partition coefficient (Wildman–Crippen LogP) is 4.96. The van der Waals surface area contributed by atoms with Gasteiger partial charge < -0.3 is 10.5 Å². The molecule has 2 N–H and O–H groups in total. The van der Waals surface area contributed by atoms with Crippen molar-refractivity contribution in [1.29, 1.82) is 5.26 Å². The Kier molecular flexibility index (Phi) is 8.66. The second kappa shape index (κ2) is 12.0. The Bertz CT molecular complexity index is 1800. The lowest BCUT2D eigenvalue weighted by molar-refractivity contribution is 0.0579. The van der Waals surface area contributed by atoms with Crippen LogP contribution in [0.4, 0.5) is 10.2 Å². The highest BCUT2D eigenvalue weighted by molar-refractivity contribution is 7.91. The van der Waals surface area contributed by atoms with Gasteiger partial charge in [-0.3, -0.25) is 9.36 Å². The second-order valence-electron chi connectivity index (χ2n) is 9.74. The predicted molar refractivity (Wildman–Crippen MR) is 152 cm³/mol. The van der Waals surface area contributed by atoms with E-state index in [4.69, 9.17) is 10.5 Å². The van der Waals surface area contributed by atoms with Crippen LogP contribution in [0.5, 0.6) is 0 Å². The molecule has 2 aromatic carbocycles. The van der Waals surface area contributed by atoms with Gasteiger partial charge in [0, 0.05) is 11.8 Å². The zero-order valence-electron chi connectivity index (χ0n) is 23.1. The van der Waals surface area contributed by atoms with Gasteiger partial charge in [0.25, 0.3) is 5.56 Å². The number of nitrogens with two attached hydrogens (primary N) is 1. The second-order valence-corrected chi connectivity index (χ2v) is 11.6. The van der Waals surface area contributed by atoms with Crippen molar-refractivity contribution in [2.45, 2.75) is 62.7 Å². The molecular weight excluding hydrogens is 545 g/mol. The fourth-order valence-electron chi connectivity index (χ4n) is 4.63. The third kappa shape index (κ3) is 5.89. The number of nitrogen functional groups attached to an aromatic ring is 1. The van der Waals surface area contributed by atoms with E-state index in [1.807, 2.05) is 20.8 Å². The van der Waals surface area contributed by atoms with Gasteiger partial charge in [-0.1, -0.05) is 31.2 Å². The first-order valence-corrected chi connectivity index (χ1v) is 14.5. The Labute approximate surface area is 238 Å². The zero-order chi connectivity index (χ0) is 29.9. The Hall–Kier alpha value is -4.40. The number of pyridine rings is 1. The Morgan fingerprint density at radius 3 is 2.49 bits per heavy atom. The molecule has 41 heavy (non-hydrogen) atoms. The summed E-state index contributed by atoms with van der Waals surface area (Å²) in [6.07, 6.45) is 1.53. The van der Waals surface area contributed by atoms with Gasteiger partial charge in [0.15, 0.2) is 10.7 Å². The minimum absolute atomic E-state index is 0.0809. The van der Waals surface area contributed by atoms with Crippen LogP contribution in [0.1, 0.15) is 55.7 Å². The van der Waals surface area contributed by atoms with Crippen molar-refractivity contribution < 1.29 is 17.5 Å². The molecule has 1 atom stereocenters. The first-order valence-electron chi connectivity index (χ1n) is 13.0. The van der Waals surface area contributed by atoms with E-state index in [2.05, 4.69) is 16.0 Å². The van der Waals surface area contributed by atoms with Gasteiger partial charge in [0.05, 0.1) is 28.7 Å². The monoisotopic (exact) mass is 575 g/mol. The minimum Gasteiger partial charge on any atom is -0.382 e. The summed E-state index contributed by atoms with van der Waals surface area (Å²) < 4.78 is 48.7. The molecule has 0 radical (unpaired) electrons. The molecule has 4 rings (SSSR count). The topological polar surface area (TPSA) is 141 Å². The summed E-state index contributed by atoms with van der Waals surface area (Å²) in [6, 6.07) is 15.6. The van der Waals surface area contributed by atoms with Gasteiger partial charge in [0.2, 0.25) is 15.8 Å². The standard InChI is InChI=1S/C30H30FN5O4S/c1-5-25(22-8-6-7-20(15-22)16-32)36-26(17-40-18(2)3)35-29(33)27(30(36)37)41(38,39)23-11-9-21(10-12-23)24-13-14-34-28(31)19(24)4/h6-15,18,25H,5,17,33H2,1-4H3/t25-/m0/s1. The normalized spacial score (nSPS) is 12.3. The summed E-state index contributed by atoms with van der Waals surface area (Å²) in [5, 5.41) is 9.41. The van der Waals surface area contributed by atoms with Crippen molar-refractivity contribution in [3.8, 4) is 17.2 Å². The molecule has 0 saturated heterocycles. The number of hydrogen-bond donors (Lipinski definition) is 1. The Balaban J connectivity index is 1.88. The quantitative estimate of drug-likeness (QED) is 0.276. The van der Waals surface area contributed by atoms with Gasteiger partial charge in [-0.2, -0.15) is 9.65 Å². The van der Waals surface area contributed by atoms with Gasteiger partial charge in [0.1, 0.15) is 12.4 Å². The molecule has 0 amide bonds. The molecule has 0 aliphatic rings. The first-order chi connectivity index (χ1) is 19.5. The summed E-state index contributed by atoms with van der Waals surface area (Å²) in [7, 11) is -4.43. The van der Waals surface area contributed by atoms with Gasteiger partial charge in [-0.05, 0) is 74.2 Å². The largest absolute Gasteiger partial charge is 0.382 e. The number of hydrogen-bond acceptors (Lipinski definition) is 8. The summed E-state index contributed by atoms with van der Waals surface area (Å²) in [5.74, 6) is -0.892. The van der Waals surface area contributed by atoms with Crippen molar-refractivity contribution in [3.05, 3.63) is 99.6 Å². The van der Waals surface area contributed by atoms with Gasteiger partial charge >= 0.3 is 0 Å². The number of halogens is 1. The number of sulfone groups is 1. The zero-order valence-corrected chi connectivity index (χ0v) is 23.9. The van der Waals surface area contributed by atoms with Crippen molar-refractivity contribution in [2.24, 2.45) is 0 Å². The van der Waals surface area contributed by atoms with Crippen LogP contribution in [0.15, 0.2) is 75.4 Å². The molecule has 0 aliphatic carbocycles. The molecule has 0 fully saturated rings. The molecule has 4 aromatic rings. The van der Waals surface area contributed by atoms with E-state index in [9.17, 15) is 22.9 Å². The number of rotatable bonds is 9. The molecule has 212 valence electrons. The lowest BCUT2D eigenvalue weighted by Crippen LogP contribution is -2.35. The average molecular weight is 576 g/mol. The molecule has 0 spiro atoms. The molecule has 0 aliphatic heterocycles. The third-order valence-corrected chi connectivity index (χ3v) is 8.52. The molecule has 2 heterocycles. The Morgan fingerprint density at radius 2 is 1.85 bits per heavy atom. The summed E-state index contributed by atoms with van der Waals surface area (Å²) in [6.45, 7) is 6.99. The van der Waals surface area contributed by atoms with Gasteiger partial charge in [-0.15, -0.1) is 0 Å². The van der Waals surface area contributed by atoms with E-state index in [1.165, 1.54) is 35.0 Å². The lowest BCUT2D eigenvalue weighted by Gasteiger charge is -2.24. The van der Waals surface area contributed by atoms with Crippen molar-refractivity contribution in [2.75, 3.05) is 5.73 Å². The van der Waals surface area contributed by atoms with Crippen LogP contribution in [0.25, 0.3) is 11.1 Å². The molecule has 9 nitrogen and oxygen atoms in total. The maximum Gasteiger partial charge on any atom is 0.275 e.